The third-order valence-electron chi connectivity index (χ3n) is 5.02. The molecule has 0 aliphatic carbocycles. The third-order valence-corrected chi connectivity index (χ3v) is 5.51. The molecule has 1 atom stereocenters. The fourth-order valence-corrected chi connectivity index (χ4v) is 4.23. The topological polar surface area (TPSA) is 27.8 Å². The fourth-order valence-electron chi connectivity index (χ4n) is 3.87. The van der Waals surface area contributed by atoms with E-state index >= 15 is 0 Å². The van der Waals surface area contributed by atoms with Crippen LogP contribution in [0, 0.1) is 0 Å². The van der Waals surface area contributed by atoms with Gasteiger partial charge in [0.15, 0.2) is 0 Å². The van der Waals surface area contributed by atoms with E-state index in [-0.39, 0.29) is 6.04 Å². The molecule has 0 radical (unpaired) electrons. The van der Waals surface area contributed by atoms with Crippen LogP contribution >= 0.6 is 15.9 Å². The molecule has 3 heteroatoms. The molecule has 2 N–H and O–H groups in total. The predicted molar refractivity (Wildman–Crippen MR) is 103 cm³/mol. The summed E-state index contributed by atoms with van der Waals surface area (Å²) in [7, 11) is 0. The average molecular weight is 377 g/mol. The van der Waals surface area contributed by atoms with E-state index in [1.165, 1.54) is 38.5 Å². The molecule has 118 valence electrons. The Morgan fingerprint density at radius 2 is 1.79 bits per heavy atom. The minimum Gasteiger partial charge on any atom is -0.357 e. The van der Waals surface area contributed by atoms with Crippen molar-refractivity contribution >= 4 is 37.6 Å². The summed E-state index contributed by atoms with van der Waals surface area (Å²) in [5.41, 5.74) is 5.30. The van der Waals surface area contributed by atoms with Crippen molar-refractivity contribution in [1.82, 2.24) is 10.3 Å². The number of halogens is 1. The first kappa shape index (κ1) is 14.3. The number of aromatic amines is 1. The Bertz CT molecular complexity index is 1060. The molecule has 0 saturated heterocycles. The number of hydrogen-bond acceptors (Lipinski definition) is 1. The molecule has 5 rings (SSSR count). The van der Waals surface area contributed by atoms with E-state index < -0.39 is 0 Å². The molecule has 1 aliphatic heterocycles. The fraction of sp³-hybridized carbons (Fsp3) is 0.143. The Hall–Kier alpha value is -2.10. The predicted octanol–water partition coefficient (Wildman–Crippen LogP) is 5.32. The van der Waals surface area contributed by atoms with Gasteiger partial charge in [0.1, 0.15) is 0 Å². The maximum Gasteiger partial charge on any atom is 0.0732 e. The van der Waals surface area contributed by atoms with Gasteiger partial charge >= 0.3 is 0 Å². The van der Waals surface area contributed by atoms with Crippen LogP contribution in [0.15, 0.2) is 65.1 Å². The van der Waals surface area contributed by atoms with Crippen molar-refractivity contribution < 1.29 is 0 Å². The molecule has 0 bridgehead atoms. The van der Waals surface area contributed by atoms with Crippen LogP contribution in [0.1, 0.15) is 22.9 Å². The summed E-state index contributed by atoms with van der Waals surface area (Å²) >= 11 is 3.60. The van der Waals surface area contributed by atoms with Crippen LogP contribution in [0.4, 0.5) is 0 Å². The molecule has 2 heterocycles. The van der Waals surface area contributed by atoms with Crippen LogP contribution in [0.5, 0.6) is 0 Å². The van der Waals surface area contributed by atoms with Gasteiger partial charge in [0.05, 0.1) is 6.04 Å². The maximum absolute atomic E-state index is 3.69. The lowest BCUT2D eigenvalue weighted by atomic mass is 9.93. The normalized spacial score (nSPS) is 17.3. The minimum absolute atomic E-state index is 0.226. The second-order valence-corrected chi connectivity index (χ2v) is 7.37. The highest BCUT2D eigenvalue weighted by Crippen LogP contribution is 2.35. The summed E-state index contributed by atoms with van der Waals surface area (Å²) in [4.78, 5) is 3.66. The van der Waals surface area contributed by atoms with Gasteiger partial charge in [-0.15, -0.1) is 0 Å². The highest BCUT2D eigenvalue weighted by molar-refractivity contribution is 9.10. The van der Waals surface area contributed by atoms with E-state index in [1.807, 2.05) is 0 Å². The van der Waals surface area contributed by atoms with E-state index in [1.54, 1.807) is 0 Å². The first-order valence-electron chi connectivity index (χ1n) is 8.32. The zero-order valence-electron chi connectivity index (χ0n) is 13.1. The lowest BCUT2D eigenvalue weighted by molar-refractivity contribution is 0.561. The molecule has 0 spiro atoms. The van der Waals surface area contributed by atoms with E-state index in [4.69, 9.17) is 0 Å². The third kappa shape index (κ3) is 2.20. The molecule has 1 aliphatic rings. The Morgan fingerprint density at radius 1 is 0.917 bits per heavy atom. The van der Waals surface area contributed by atoms with Crippen LogP contribution in [0.3, 0.4) is 0 Å². The van der Waals surface area contributed by atoms with Gasteiger partial charge in [0.25, 0.3) is 0 Å². The van der Waals surface area contributed by atoms with Crippen molar-refractivity contribution in [1.29, 1.82) is 0 Å². The van der Waals surface area contributed by atoms with E-state index in [9.17, 15) is 0 Å². The molecular weight excluding hydrogens is 360 g/mol. The number of H-pyrrole nitrogens is 1. The molecule has 0 saturated carbocycles. The van der Waals surface area contributed by atoms with Gasteiger partial charge in [-0.2, -0.15) is 0 Å². The minimum atomic E-state index is 0.226. The van der Waals surface area contributed by atoms with Crippen LogP contribution < -0.4 is 5.32 Å². The van der Waals surface area contributed by atoms with Gasteiger partial charge < -0.3 is 10.3 Å². The molecule has 4 aromatic rings. The van der Waals surface area contributed by atoms with Crippen molar-refractivity contribution in [2.45, 2.75) is 12.5 Å². The lowest BCUT2D eigenvalue weighted by Crippen LogP contribution is -2.30. The van der Waals surface area contributed by atoms with Crippen LogP contribution in [0.2, 0.25) is 0 Å². The molecular formula is C21H17BrN2. The number of fused-ring (bicyclic) bond motifs is 4. The SMILES string of the molecule is Brc1ccc2[nH]c3c(c2c1)CCNC3c1ccc2ccccc2c1. The zero-order valence-corrected chi connectivity index (χ0v) is 14.7. The van der Waals surface area contributed by atoms with Crippen molar-refractivity contribution in [3.8, 4) is 0 Å². The molecule has 0 amide bonds. The first-order chi connectivity index (χ1) is 11.8. The van der Waals surface area contributed by atoms with Gasteiger partial charge in [0, 0.05) is 27.6 Å². The quantitative estimate of drug-likeness (QED) is 0.462. The van der Waals surface area contributed by atoms with Gasteiger partial charge in [-0.3, -0.25) is 0 Å². The highest BCUT2D eigenvalue weighted by Gasteiger charge is 2.25. The smallest absolute Gasteiger partial charge is 0.0732 e. The second-order valence-electron chi connectivity index (χ2n) is 6.45. The molecule has 1 unspecified atom stereocenters. The van der Waals surface area contributed by atoms with Crippen LogP contribution in [-0.4, -0.2) is 11.5 Å². The van der Waals surface area contributed by atoms with E-state index in [2.05, 4.69) is 86.9 Å². The summed E-state index contributed by atoms with van der Waals surface area (Å²) in [5.74, 6) is 0. The Labute approximate surface area is 149 Å². The Kier molecular flexibility index (Phi) is 3.25. The average Bonchev–Trinajstić information content (AvgIpc) is 2.99. The number of nitrogens with one attached hydrogen (secondary N) is 2. The molecule has 1 aromatic heterocycles. The van der Waals surface area contributed by atoms with E-state index in [0.29, 0.717) is 0 Å². The summed E-state index contributed by atoms with van der Waals surface area (Å²) in [5, 5.41) is 7.61. The van der Waals surface area contributed by atoms with Crippen molar-refractivity contribution in [2.24, 2.45) is 0 Å². The molecule has 3 aromatic carbocycles. The summed E-state index contributed by atoms with van der Waals surface area (Å²) in [6.07, 6.45) is 1.07. The number of hydrogen-bond donors (Lipinski definition) is 2. The standard InChI is InChI=1S/C21H17BrN2/c22-16-7-8-19-18(12-16)17-9-10-23-20(21(17)24-19)15-6-5-13-3-1-2-4-14(13)11-15/h1-8,11-12,20,23-24H,9-10H2. The van der Waals surface area contributed by atoms with Crippen molar-refractivity contribution in [3.63, 3.8) is 0 Å². The maximum atomic E-state index is 3.69. The summed E-state index contributed by atoms with van der Waals surface area (Å²) in [6, 6.07) is 22.0. The second kappa shape index (κ2) is 5.47. The molecule has 24 heavy (non-hydrogen) atoms. The van der Waals surface area contributed by atoms with Gasteiger partial charge in [-0.1, -0.05) is 52.3 Å². The van der Waals surface area contributed by atoms with Gasteiger partial charge in [0.2, 0.25) is 0 Å². The van der Waals surface area contributed by atoms with Crippen LogP contribution in [-0.2, 0) is 6.42 Å². The summed E-state index contributed by atoms with van der Waals surface area (Å²) < 4.78 is 1.14. The largest absolute Gasteiger partial charge is 0.357 e. The first-order valence-corrected chi connectivity index (χ1v) is 9.11. The van der Waals surface area contributed by atoms with E-state index in [0.717, 1.165) is 17.4 Å². The van der Waals surface area contributed by atoms with Crippen molar-refractivity contribution in [3.05, 3.63) is 82.0 Å². The lowest BCUT2D eigenvalue weighted by Gasteiger charge is -2.25. The van der Waals surface area contributed by atoms with Crippen LogP contribution in [0.25, 0.3) is 21.7 Å². The number of aromatic nitrogens is 1. The van der Waals surface area contributed by atoms with Crippen molar-refractivity contribution in [2.75, 3.05) is 6.54 Å². The number of benzene rings is 3. The zero-order chi connectivity index (χ0) is 16.1. The monoisotopic (exact) mass is 376 g/mol. The molecule has 0 fully saturated rings. The number of rotatable bonds is 1. The van der Waals surface area contributed by atoms with Gasteiger partial charge in [-0.25, -0.2) is 0 Å². The molecule has 2 nitrogen and oxygen atoms in total. The van der Waals surface area contributed by atoms with Gasteiger partial charge in [-0.05, 0) is 52.6 Å². The Balaban J connectivity index is 1.69. The summed E-state index contributed by atoms with van der Waals surface area (Å²) in [6.45, 7) is 1.00. The highest BCUT2D eigenvalue weighted by atomic mass is 79.9. The Morgan fingerprint density at radius 3 is 2.71 bits per heavy atom.